The van der Waals surface area contributed by atoms with E-state index in [-0.39, 0.29) is 5.92 Å². The molecule has 0 bridgehead atoms. The molecule has 0 aromatic heterocycles. The molecule has 0 amide bonds. The first-order valence-corrected chi connectivity index (χ1v) is 6.82. The minimum Gasteiger partial charge on any atom is -0.492 e. The number of hydrogen-bond donors (Lipinski definition) is 2. The predicted molar refractivity (Wildman–Crippen MR) is 75.3 cm³/mol. The van der Waals surface area contributed by atoms with E-state index in [0.717, 1.165) is 30.6 Å². The molecule has 0 fully saturated rings. The lowest BCUT2D eigenvalue weighted by atomic mass is 9.94. The van der Waals surface area contributed by atoms with E-state index in [4.69, 9.17) is 10.5 Å². The summed E-state index contributed by atoms with van der Waals surface area (Å²) < 4.78 is 5.39. The molecule has 4 heteroatoms. The lowest BCUT2D eigenvalue weighted by Crippen LogP contribution is -2.16. The molecule has 0 aliphatic carbocycles. The van der Waals surface area contributed by atoms with Crippen LogP contribution in [0.2, 0.25) is 0 Å². The summed E-state index contributed by atoms with van der Waals surface area (Å²) in [4.78, 5) is 11.2. The Morgan fingerprint density at radius 1 is 1.37 bits per heavy atom. The molecule has 3 N–H and O–H groups in total. The Kier molecular flexibility index (Phi) is 6.97. The Labute approximate surface area is 114 Å². The zero-order valence-electron chi connectivity index (χ0n) is 11.5. The maximum absolute atomic E-state index is 11.2. The van der Waals surface area contributed by atoms with E-state index in [1.807, 2.05) is 24.3 Å². The molecule has 19 heavy (non-hydrogen) atoms. The largest absolute Gasteiger partial charge is 0.492 e. The summed E-state index contributed by atoms with van der Waals surface area (Å²) in [6, 6.07) is 7.58. The monoisotopic (exact) mass is 265 g/mol. The highest BCUT2D eigenvalue weighted by molar-refractivity contribution is 5.70. The van der Waals surface area contributed by atoms with Gasteiger partial charge in [-0.25, -0.2) is 0 Å². The van der Waals surface area contributed by atoms with Crippen LogP contribution in [-0.2, 0) is 11.2 Å². The predicted octanol–water partition coefficient (Wildman–Crippen LogP) is 2.46. The second-order valence-electron chi connectivity index (χ2n) is 4.66. The highest BCUT2D eigenvalue weighted by Gasteiger charge is 2.17. The molecule has 0 aliphatic heterocycles. The number of rotatable bonds is 9. The van der Waals surface area contributed by atoms with E-state index in [0.29, 0.717) is 19.6 Å². The Balaban J connectivity index is 2.56. The number of unbranched alkanes of at least 4 members (excludes halogenated alkanes) is 1. The number of ether oxygens (including phenoxy) is 1. The average molecular weight is 265 g/mol. The number of benzene rings is 1. The number of aliphatic carboxylic acids is 1. The molecular weight excluding hydrogens is 242 g/mol. The fraction of sp³-hybridized carbons (Fsp3) is 0.533. The van der Waals surface area contributed by atoms with Gasteiger partial charge in [-0.1, -0.05) is 31.9 Å². The summed E-state index contributed by atoms with van der Waals surface area (Å²) in [5, 5.41) is 9.19. The second-order valence-corrected chi connectivity index (χ2v) is 4.66. The molecule has 1 aromatic carbocycles. The van der Waals surface area contributed by atoms with Gasteiger partial charge in [0.25, 0.3) is 0 Å². The van der Waals surface area contributed by atoms with Crippen LogP contribution >= 0.6 is 0 Å². The zero-order chi connectivity index (χ0) is 14.1. The number of carboxylic acids is 1. The van der Waals surface area contributed by atoms with Gasteiger partial charge in [0.05, 0.1) is 5.92 Å². The van der Waals surface area contributed by atoms with Crippen molar-refractivity contribution in [2.75, 3.05) is 13.2 Å². The number of carboxylic acid groups (broad SMARTS) is 1. The van der Waals surface area contributed by atoms with Crippen LogP contribution in [0.15, 0.2) is 24.3 Å². The van der Waals surface area contributed by atoms with Crippen molar-refractivity contribution in [3.05, 3.63) is 29.8 Å². The molecule has 1 atom stereocenters. The molecule has 0 saturated carbocycles. The van der Waals surface area contributed by atoms with Crippen molar-refractivity contribution in [2.45, 2.75) is 32.6 Å². The van der Waals surface area contributed by atoms with Crippen LogP contribution in [0, 0.1) is 5.92 Å². The van der Waals surface area contributed by atoms with E-state index in [1.54, 1.807) is 0 Å². The molecular formula is C15H23NO3. The van der Waals surface area contributed by atoms with Gasteiger partial charge in [-0.05, 0) is 30.5 Å². The maximum Gasteiger partial charge on any atom is 0.306 e. The molecule has 0 spiro atoms. The van der Waals surface area contributed by atoms with Crippen molar-refractivity contribution < 1.29 is 14.6 Å². The van der Waals surface area contributed by atoms with Crippen molar-refractivity contribution in [3.8, 4) is 5.75 Å². The second kappa shape index (κ2) is 8.53. The van der Waals surface area contributed by atoms with Crippen molar-refractivity contribution in [2.24, 2.45) is 11.7 Å². The molecule has 0 saturated heterocycles. The Morgan fingerprint density at radius 2 is 2.05 bits per heavy atom. The highest BCUT2D eigenvalue weighted by atomic mass is 16.5. The lowest BCUT2D eigenvalue weighted by molar-refractivity contribution is -0.141. The Morgan fingerprint density at radius 3 is 2.58 bits per heavy atom. The van der Waals surface area contributed by atoms with Gasteiger partial charge in [0, 0.05) is 6.54 Å². The Bertz CT molecular complexity index is 375. The SMILES string of the molecule is CCCCC(Cc1ccc(OCCN)cc1)C(=O)O. The van der Waals surface area contributed by atoms with Crippen LogP contribution in [0.4, 0.5) is 0 Å². The first-order chi connectivity index (χ1) is 9.17. The highest BCUT2D eigenvalue weighted by Crippen LogP contribution is 2.18. The third kappa shape index (κ3) is 5.75. The summed E-state index contributed by atoms with van der Waals surface area (Å²) in [6.07, 6.45) is 3.29. The van der Waals surface area contributed by atoms with E-state index < -0.39 is 5.97 Å². The third-order valence-electron chi connectivity index (χ3n) is 3.05. The van der Waals surface area contributed by atoms with Gasteiger partial charge < -0.3 is 15.6 Å². The fourth-order valence-corrected chi connectivity index (χ4v) is 1.95. The van der Waals surface area contributed by atoms with Crippen molar-refractivity contribution >= 4 is 5.97 Å². The molecule has 1 rings (SSSR count). The maximum atomic E-state index is 11.2. The third-order valence-corrected chi connectivity index (χ3v) is 3.05. The van der Waals surface area contributed by atoms with Gasteiger partial charge in [-0.3, -0.25) is 4.79 Å². The van der Waals surface area contributed by atoms with Gasteiger partial charge >= 0.3 is 5.97 Å². The van der Waals surface area contributed by atoms with Crippen molar-refractivity contribution in [3.63, 3.8) is 0 Å². The molecule has 0 heterocycles. The summed E-state index contributed by atoms with van der Waals surface area (Å²) in [7, 11) is 0. The lowest BCUT2D eigenvalue weighted by Gasteiger charge is -2.12. The molecule has 1 unspecified atom stereocenters. The van der Waals surface area contributed by atoms with Crippen molar-refractivity contribution in [1.82, 2.24) is 0 Å². The van der Waals surface area contributed by atoms with Crippen LogP contribution < -0.4 is 10.5 Å². The van der Waals surface area contributed by atoms with E-state index in [1.165, 1.54) is 0 Å². The van der Waals surface area contributed by atoms with Gasteiger partial charge in [0.1, 0.15) is 12.4 Å². The molecule has 0 aliphatic rings. The van der Waals surface area contributed by atoms with Gasteiger partial charge in [-0.15, -0.1) is 0 Å². The standard InChI is InChI=1S/C15H23NO3/c1-2-3-4-13(15(17)18)11-12-5-7-14(8-6-12)19-10-9-16/h5-8,13H,2-4,9-11,16H2,1H3,(H,17,18). The summed E-state index contributed by atoms with van der Waals surface area (Å²) in [5.41, 5.74) is 6.39. The zero-order valence-corrected chi connectivity index (χ0v) is 11.5. The smallest absolute Gasteiger partial charge is 0.306 e. The number of carbonyl (C=O) groups is 1. The number of hydrogen-bond acceptors (Lipinski definition) is 3. The first kappa shape index (κ1) is 15.5. The topological polar surface area (TPSA) is 72.5 Å². The van der Waals surface area contributed by atoms with Gasteiger partial charge in [-0.2, -0.15) is 0 Å². The number of nitrogens with two attached hydrogens (primary N) is 1. The first-order valence-electron chi connectivity index (χ1n) is 6.82. The normalized spacial score (nSPS) is 12.1. The molecule has 4 nitrogen and oxygen atoms in total. The van der Waals surface area contributed by atoms with Gasteiger partial charge in [0.15, 0.2) is 0 Å². The molecule has 1 aromatic rings. The Hall–Kier alpha value is -1.55. The summed E-state index contributed by atoms with van der Waals surface area (Å²) in [6.45, 7) is 3.05. The molecule has 106 valence electrons. The minimum absolute atomic E-state index is 0.296. The van der Waals surface area contributed by atoms with E-state index in [9.17, 15) is 9.90 Å². The van der Waals surface area contributed by atoms with Crippen molar-refractivity contribution in [1.29, 1.82) is 0 Å². The quantitative estimate of drug-likeness (QED) is 0.719. The summed E-state index contributed by atoms with van der Waals surface area (Å²) in [5.74, 6) is -0.234. The molecule has 0 radical (unpaired) electrons. The van der Waals surface area contributed by atoms with E-state index >= 15 is 0 Å². The van der Waals surface area contributed by atoms with E-state index in [2.05, 4.69) is 6.92 Å². The fourth-order valence-electron chi connectivity index (χ4n) is 1.95. The minimum atomic E-state index is -0.711. The summed E-state index contributed by atoms with van der Waals surface area (Å²) >= 11 is 0. The van der Waals surface area contributed by atoms with Gasteiger partial charge in [0.2, 0.25) is 0 Å². The van der Waals surface area contributed by atoms with Crippen LogP contribution in [-0.4, -0.2) is 24.2 Å². The van der Waals surface area contributed by atoms with Crippen LogP contribution in [0.5, 0.6) is 5.75 Å². The van der Waals surface area contributed by atoms with Crippen LogP contribution in [0.25, 0.3) is 0 Å². The van der Waals surface area contributed by atoms with Crippen LogP contribution in [0.1, 0.15) is 31.7 Å². The average Bonchev–Trinajstić information content (AvgIpc) is 2.42. The van der Waals surface area contributed by atoms with Crippen LogP contribution in [0.3, 0.4) is 0 Å².